The number of nitrogens with one attached hydrogen (secondary N) is 2. The van der Waals surface area contributed by atoms with Gasteiger partial charge in [-0.1, -0.05) is 30.3 Å². The van der Waals surface area contributed by atoms with Gasteiger partial charge in [-0.05, 0) is 12.5 Å². The smallest absolute Gasteiger partial charge is 0.355 e. The number of H-pyrrole nitrogens is 2. The molecule has 0 fully saturated rings. The normalized spacial score (nSPS) is 10.2. The summed E-state index contributed by atoms with van der Waals surface area (Å²) in [5.41, 5.74) is -0.513. The summed E-state index contributed by atoms with van der Waals surface area (Å²) in [6.07, 6.45) is 0. The molecule has 1 aromatic heterocycles. The number of carbonyl (C=O) groups excluding carboxylic acids is 1. The molecule has 98 valence electrons. The Hall–Kier alpha value is -2.63. The molecule has 0 atom stereocenters. The van der Waals surface area contributed by atoms with Crippen LogP contribution in [0.2, 0.25) is 0 Å². The van der Waals surface area contributed by atoms with Crippen molar-refractivity contribution in [3.63, 3.8) is 0 Å². The van der Waals surface area contributed by atoms with Gasteiger partial charge < -0.3 is 9.72 Å². The zero-order valence-electron chi connectivity index (χ0n) is 10.2. The van der Waals surface area contributed by atoms with E-state index in [0.717, 1.165) is 5.56 Å². The topological polar surface area (TPSA) is 92.0 Å². The van der Waals surface area contributed by atoms with Gasteiger partial charge in [-0.3, -0.25) is 9.78 Å². The van der Waals surface area contributed by atoms with Crippen LogP contribution in [0.1, 0.15) is 21.6 Å². The van der Waals surface area contributed by atoms with Gasteiger partial charge in [-0.25, -0.2) is 9.59 Å². The molecule has 1 heterocycles. The molecule has 6 nitrogen and oxygen atoms in total. The standard InChI is InChI=1S/C13H12N2O4/c1-8-10(14-13(18)15-11(8)16)12(17)19-7-9-5-3-2-4-6-9/h2-6H,7H2,1H3,(H2,14,15,16,18). The van der Waals surface area contributed by atoms with Gasteiger partial charge in [0.1, 0.15) is 12.3 Å². The predicted molar refractivity (Wildman–Crippen MR) is 68.0 cm³/mol. The molecule has 0 aliphatic rings. The molecular weight excluding hydrogens is 248 g/mol. The van der Waals surface area contributed by atoms with Crippen molar-refractivity contribution in [3.8, 4) is 0 Å². The highest BCUT2D eigenvalue weighted by Gasteiger charge is 2.14. The lowest BCUT2D eigenvalue weighted by atomic mass is 10.2. The average molecular weight is 260 g/mol. The van der Waals surface area contributed by atoms with Gasteiger partial charge in [-0.15, -0.1) is 0 Å². The third-order valence-corrected chi connectivity index (χ3v) is 2.60. The quantitative estimate of drug-likeness (QED) is 0.796. The molecule has 0 saturated heterocycles. The predicted octanol–water partition coefficient (Wildman–Crippen LogP) is 0.729. The fourth-order valence-electron chi connectivity index (χ4n) is 1.55. The van der Waals surface area contributed by atoms with Crippen molar-refractivity contribution in [3.05, 3.63) is 68.0 Å². The summed E-state index contributed by atoms with van der Waals surface area (Å²) in [7, 11) is 0. The SMILES string of the molecule is Cc1c(C(=O)OCc2ccccc2)[nH]c(=O)[nH]c1=O. The molecule has 0 bridgehead atoms. The number of ether oxygens (including phenoxy) is 1. The Balaban J connectivity index is 2.17. The van der Waals surface area contributed by atoms with Gasteiger partial charge in [0.2, 0.25) is 0 Å². The van der Waals surface area contributed by atoms with Crippen LogP contribution in [0.5, 0.6) is 0 Å². The Morgan fingerprint density at radius 2 is 1.84 bits per heavy atom. The summed E-state index contributed by atoms with van der Waals surface area (Å²) < 4.78 is 5.04. The molecule has 1 aromatic carbocycles. The molecular formula is C13H12N2O4. The summed E-state index contributed by atoms with van der Waals surface area (Å²) in [4.78, 5) is 38.6. The summed E-state index contributed by atoms with van der Waals surface area (Å²) in [5, 5.41) is 0. The second-order valence-corrected chi connectivity index (χ2v) is 3.97. The minimum absolute atomic E-state index is 0.0773. The number of esters is 1. The number of aromatic nitrogens is 2. The van der Waals surface area contributed by atoms with Crippen LogP contribution in [0.15, 0.2) is 39.9 Å². The third-order valence-electron chi connectivity index (χ3n) is 2.60. The van der Waals surface area contributed by atoms with Crippen molar-refractivity contribution in [2.45, 2.75) is 13.5 Å². The number of rotatable bonds is 3. The Kier molecular flexibility index (Phi) is 3.61. The van der Waals surface area contributed by atoms with Crippen LogP contribution in [-0.4, -0.2) is 15.9 Å². The number of hydrogen-bond acceptors (Lipinski definition) is 4. The van der Waals surface area contributed by atoms with Gasteiger partial charge in [0, 0.05) is 5.56 Å². The van der Waals surface area contributed by atoms with Crippen molar-refractivity contribution in [2.75, 3.05) is 0 Å². The Labute approximate surface area is 108 Å². The fraction of sp³-hybridized carbons (Fsp3) is 0.154. The number of carbonyl (C=O) groups is 1. The molecule has 0 saturated carbocycles. The molecule has 2 rings (SSSR count). The van der Waals surface area contributed by atoms with Crippen LogP contribution < -0.4 is 11.2 Å². The van der Waals surface area contributed by atoms with E-state index in [-0.39, 0.29) is 17.9 Å². The molecule has 0 spiro atoms. The van der Waals surface area contributed by atoms with Crippen LogP contribution in [0, 0.1) is 6.92 Å². The molecule has 2 N–H and O–H groups in total. The van der Waals surface area contributed by atoms with Crippen molar-refractivity contribution >= 4 is 5.97 Å². The highest BCUT2D eigenvalue weighted by Crippen LogP contribution is 2.04. The van der Waals surface area contributed by atoms with Crippen LogP contribution in [-0.2, 0) is 11.3 Å². The Bertz CT molecular complexity index is 701. The summed E-state index contributed by atoms with van der Waals surface area (Å²) in [6, 6.07) is 9.11. The first kappa shape index (κ1) is 12.8. The van der Waals surface area contributed by atoms with Crippen LogP contribution in [0.4, 0.5) is 0 Å². The Morgan fingerprint density at radius 3 is 2.53 bits per heavy atom. The molecule has 0 radical (unpaired) electrons. The van der Waals surface area contributed by atoms with Crippen molar-refractivity contribution in [1.82, 2.24) is 9.97 Å². The zero-order valence-corrected chi connectivity index (χ0v) is 10.2. The molecule has 0 unspecified atom stereocenters. The van der Waals surface area contributed by atoms with E-state index < -0.39 is 17.2 Å². The maximum Gasteiger partial charge on any atom is 0.355 e. The molecule has 6 heteroatoms. The van der Waals surface area contributed by atoms with E-state index in [1.165, 1.54) is 6.92 Å². The average Bonchev–Trinajstić information content (AvgIpc) is 2.41. The van der Waals surface area contributed by atoms with Gasteiger partial charge in [0.05, 0.1) is 0 Å². The van der Waals surface area contributed by atoms with E-state index in [4.69, 9.17) is 4.74 Å². The molecule has 2 aromatic rings. The fourth-order valence-corrected chi connectivity index (χ4v) is 1.55. The van der Waals surface area contributed by atoms with Gasteiger partial charge in [0.15, 0.2) is 0 Å². The first-order chi connectivity index (χ1) is 9.08. The third kappa shape index (κ3) is 2.98. The molecule has 0 aliphatic heterocycles. The maximum atomic E-state index is 11.8. The second-order valence-electron chi connectivity index (χ2n) is 3.97. The number of aromatic amines is 2. The highest BCUT2D eigenvalue weighted by atomic mass is 16.5. The van der Waals surface area contributed by atoms with Crippen LogP contribution in [0.3, 0.4) is 0 Å². The summed E-state index contributed by atoms with van der Waals surface area (Å²) in [5.74, 6) is -0.732. The van der Waals surface area contributed by atoms with Crippen molar-refractivity contribution in [2.24, 2.45) is 0 Å². The van der Waals surface area contributed by atoms with Crippen molar-refractivity contribution in [1.29, 1.82) is 0 Å². The lowest BCUT2D eigenvalue weighted by Gasteiger charge is -2.06. The lowest BCUT2D eigenvalue weighted by molar-refractivity contribution is 0.0464. The summed E-state index contributed by atoms with van der Waals surface area (Å²) >= 11 is 0. The summed E-state index contributed by atoms with van der Waals surface area (Å²) in [6.45, 7) is 1.52. The van der Waals surface area contributed by atoms with E-state index in [1.54, 1.807) is 12.1 Å². The van der Waals surface area contributed by atoms with E-state index in [9.17, 15) is 14.4 Å². The van der Waals surface area contributed by atoms with E-state index in [1.807, 2.05) is 23.2 Å². The largest absolute Gasteiger partial charge is 0.456 e. The first-order valence-electron chi connectivity index (χ1n) is 5.62. The second kappa shape index (κ2) is 5.34. The lowest BCUT2D eigenvalue weighted by Crippen LogP contribution is -2.29. The molecule has 19 heavy (non-hydrogen) atoms. The van der Waals surface area contributed by atoms with Crippen LogP contribution >= 0.6 is 0 Å². The molecule has 0 aliphatic carbocycles. The minimum atomic E-state index is -0.734. The van der Waals surface area contributed by atoms with E-state index in [0.29, 0.717) is 0 Å². The Morgan fingerprint density at radius 1 is 1.16 bits per heavy atom. The van der Waals surface area contributed by atoms with Gasteiger partial charge >= 0.3 is 11.7 Å². The van der Waals surface area contributed by atoms with E-state index >= 15 is 0 Å². The number of benzene rings is 1. The number of hydrogen-bond donors (Lipinski definition) is 2. The first-order valence-corrected chi connectivity index (χ1v) is 5.62. The minimum Gasteiger partial charge on any atom is -0.456 e. The van der Waals surface area contributed by atoms with Crippen LogP contribution in [0.25, 0.3) is 0 Å². The van der Waals surface area contributed by atoms with Crippen molar-refractivity contribution < 1.29 is 9.53 Å². The monoisotopic (exact) mass is 260 g/mol. The highest BCUT2D eigenvalue weighted by molar-refractivity contribution is 5.88. The van der Waals surface area contributed by atoms with Gasteiger partial charge in [-0.2, -0.15) is 0 Å². The zero-order chi connectivity index (χ0) is 13.8. The van der Waals surface area contributed by atoms with E-state index in [2.05, 4.69) is 4.98 Å². The van der Waals surface area contributed by atoms with Gasteiger partial charge in [0.25, 0.3) is 5.56 Å². The molecule has 0 amide bonds. The maximum absolute atomic E-state index is 11.8.